The number of hydrogen-bond acceptors (Lipinski definition) is 12. The third-order valence-corrected chi connectivity index (χ3v) is 5.66. The van der Waals surface area contributed by atoms with E-state index in [-0.39, 0.29) is 31.8 Å². The first-order chi connectivity index (χ1) is 20.8. The molecular formula is C29H55FN5O10S+. The topological polar surface area (TPSA) is 171 Å². The van der Waals surface area contributed by atoms with E-state index in [0.717, 1.165) is 16.7 Å². The van der Waals surface area contributed by atoms with Crippen LogP contribution in [0.5, 0.6) is 0 Å². The fraction of sp³-hybridized carbons (Fsp3) is 0.828. The quantitative estimate of drug-likeness (QED) is 0.0426. The van der Waals surface area contributed by atoms with Crippen molar-refractivity contribution in [3.05, 3.63) is 0 Å². The van der Waals surface area contributed by atoms with Crippen molar-refractivity contribution < 1.29 is 56.9 Å². The van der Waals surface area contributed by atoms with E-state index in [9.17, 15) is 28.5 Å². The minimum Gasteiger partial charge on any atom is -0.452 e. The molecule has 4 amide bonds. The maximum atomic E-state index is 13.6. The average Bonchev–Trinajstić information content (AvgIpc) is 2.83. The Morgan fingerprint density at radius 3 is 1.80 bits per heavy atom. The van der Waals surface area contributed by atoms with Gasteiger partial charge in [-0.05, 0) is 94.8 Å². The second-order valence-corrected chi connectivity index (χ2v) is 15.3. The molecule has 17 heteroatoms. The lowest BCUT2D eigenvalue weighted by molar-refractivity contribution is -1.05. The molecule has 0 aliphatic heterocycles. The zero-order valence-electron chi connectivity index (χ0n) is 29.4. The number of nitrogens with zero attached hydrogens (tertiary/aromatic N) is 2. The van der Waals surface area contributed by atoms with Crippen molar-refractivity contribution in [1.29, 1.82) is 0 Å². The lowest BCUT2D eigenvalue weighted by Crippen LogP contribution is -2.61. The van der Waals surface area contributed by atoms with Crippen LogP contribution in [-0.4, -0.2) is 107 Å². The van der Waals surface area contributed by atoms with Crippen LogP contribution < -0.4 is 16.2 Å². The van der Waals surface area contributed by atoms with Crippen molar-refractivity contribution in [2.24, 2.45) is 0 Å². The molecule has 46 heavy (non-hydrogen) atoms. The van der Waals surface area contributed by atoms with Crippen LogP contribution in [0.15, 0.2) is 0 Å². The van der Waals surface area contributed by atoms with Gasteiger partial charge in [0.05, 0.1) is 0 Å². The molecule has 0 aliphatic carbocycles. The van der Waals surface area contributed by atoms with Crippen LogP contribution in [-0.2, 0) is 28.6 Å². The number of carbonyl (C=O) groups is 5. The number of carbonyl (C=O) groups excluding carboxylic acids is 5. The van der Waals surface area contributed by atoms with Gasteiger partial charge in [0.1, 0.15) is 35.6 Å². The van der Waals surface area contributed by atoms with Crippen molar-refractivity contribution in [1.82, 2.24) is 21.1 Å². The first kappa shape index (κ1) is 43.1. The van der Waals surface area contributed by atoms with E-state index in [0.29, 0.717) is 0 Å². The van der Waals surface area contributed by atoms with Crippen molar-refractivity contribution in [2.45, 2.75) is 112 Å². The molecule has 0 saturated carbocycles. The van der Waals surface area contributed by atoms with E-state index < -0.39 is 76.5 Å². The van der Waals surface area contributed by atoms with Crippen LogP contribution in [0.3, 0.4) is 0 Å². The van der Waals surface area contributed by atoms with Gasteiger partial charge < -0.3 is 24.3 Å². The van der Waals surface area contributed by atoms with Gasteiger partial charge in [-0.3, -0.25) is 15.0 Å². The number of thioether (sulfide) groups is 1. The average molecular weight is 685 g/mol. The summed E-state index contributed by atoms with van der Waals surface area (Å²) in [7, 11) is 0. The number of halogens is 1. The third kappa shape index (κ3) is 21.0. The van der Waals surface area contributed by atoms with E-state index in [1.54, 1.807) is 83.1 Å². The molecule has 1 unspecified atom stereocenters. The van der Waals surface area contributed by atoms with Gasteiger partial charge in [-0.2, -0.15) is 9.63 Å². The fourth-order valence-electron chi connectivity index (χ4n) is 3.24. The van der Waals surface area contributed by atoms with E-state index in [1.807, 2.05) is 0 Å². The summed E-state index contributed by atoms with van der Waals surface area (Å²) >= 11 is 0.889. The monoisotopic (exact) mass is 684 g/mol. The highest BCUT2D eigenvalue weighted by molar-refractivity contribution is 8.13. The second kappa shape index (κ2) is 18.4. The maximum absolute atomic E-state index is 13.6. The Morgan fingerprint density at radius 1 is 0.761 bits per heavy atom. The number of hydroxylamine groups is 3. The maximum Gasteiger partial charge on any atom is 0.551 e. The third-order valence-electron chi connectivity index (χ3n) is 4.93. The molecule has 0 spiro atoms. The van der Waals surface area contributed by atoms with Gasteiger partial charge in [-0.25, -0.2) is 14.4 Å². The highest BCUT2D eigenvalue weighted by Crippen LogP contribution is 2.20. The van der Waals surface area contributed by atoms with Crippen molar-refractivity contribution in [2.75, 3.05) is 45.3 Å². The van der Waals surface area contributed by atoms with Gasteiger partial charge in [0.2, 0.25) is 0 Å². The summed E-state index contributed by atoms with van der Waals surface area (Å²) in [4.78, 5) is 70.4. The molecule has 0 aromatic heterocycles. The zero-order valence-corrected chi connectivity index (χ0v) is 30.2. The Kier molecular flexibility index (Phi) is 17.3. The molecule has 0 bridgehead atoms. The fourth-order valence-corrected chi connectivity index (χ4v) is 3.92. The van der Waals surface area contributed by atoms with Gasteiger partial charge >= 0.3 is 23.6 Å². The minimum atomic E-state index is -1.04. The number of alkyl carbamates (subject to hydrolysis) is 1. The molecule has 268 valence electrons. The van der Waals surface area contributed by atoms with E-state index >= 15 is 0 Å². The summed E-state index contributed by atoms with van der Waals surface area (Å²) in [5.41, 5.74) is -1.91. The Bertz CT molecular complexity index is 1020. The summed E-state index contributed by atoms with van der Waals surface area (Å²) in [6.07, 6.45) is -2.58. The summed E-state index contributed by atoms with van der Waals surface area (Å²) in [5.74, 6) is -0.402. The summed E-state index contributed by atoms with van der Waals surface area (Å²) in [6, 6.07) is 0. The number of quaternary nitrogens is 1. The van der Waals surface area contributed by atoms with Crippen LogP contribution >= 0.6 is 11.8 Å². The number of ether oxygens (including phenoxy) is 4. The van der Waals surface area contributed by atoms with E-state index in [4.69, 9.17) is 23.8 Å². The van der Waals surface area contributed by atoms with E-state index in [1.165, 1.54) is 5.54 Å². The highest BCUT2D eigenvalue weighted by Gasteiger charge is 2.45. The summed E-state index contributed by atoms with van der Waals surface area (Å²) in [5, 5.41) is 4.60. The summed E-state index contributed by atoms with van der Waals surface area (Å²) in [6.45, 7) is 18.2. The number of nitrogens with one attached hydrogen (secondary N) is 3. The molecule has 1 atom stereocenters. The molecule has 0 radical (unpaired) electrons. The number of rotatable bonds is 14. The SMILES string of the molecule is CC(C)(C)OC(=O)NC[N+](CCCN(CNF)C(=O)OC(C)(C)C)(OCC(=O)NCCSC(=O)OC(C)(C)C)C(=O)OC(C)(C)C. The smallest absolute Gasteiger partial charge is 0.452 e. The largest absolute Gasteiger partial charge is 0.551 e. The molecule has 0 heterocycles. The predicted molar refractivity (Wildman–Crippen MR) is 170 cm³/mol. The molecular weight excluding hydrogens is 629 g/mol. The number of hydrogen-bond donors (Lipinski definition) is 3. The van der Waals surface area contributed by atoms with Crippen LogP contribution in [0, 0.1) is 0 Å². The normalized spacial score (nSPS) is 13.6. The molecule has 0 saturated heterocycles. The van der Waals surface area contributed by atoms with Crippen LogP contribution in [0.4, 0.5) is 23.7 Å². The molecule has 0 aliphatic rings. The van der Waals surface area contributed by atoms with Crippen LogP contribution in [0.25, 0.3) is 0 Å². The van der Waals surface area contributed by atoms with Crippen molar-refractivity contribution in [3.8, 4) is 0 Å². The number of amides is 4. The van der Waals surface area contributed by atoms with Gasteiger partial charge in [0, 0.05) is 25.3 Å². The Hall–Kier alpha value is -2.89. The first-order valence-corrected chi connectivity index (χ1v) is 15.9. The van der Waals surface area contributed by atoms with Crippen LogP contribution in [0.1, 0.15) is 89.5 Å². The molecule has 0 fully saturated rings. The lowest BCUT2D eigenvalue weighted by Gasteiger charge is -2.34. The lowest BCUT2D eigenvalue weighted by atomic mass is 10.2. The molecule has 0 aromatic rings. The predicted octanol–water partition coefficient (Wildman–Crippen LogP) is 5.00. The van der Waals surface area contributed by atoms with Gasteiger partial charge in [0.25, 0.3) is 5.91 Å². The standard InChI is InChI=1S/C29H54FN5O10S/c1-26(2,3)42-22(37)32-20-35(24(39)44-28(7,8)9,16-13-15-34(19-33-30)23(38)43-27(4,5)6)41-18-21(36)31-14-17-46-25(40)45-29(10,11)12/h33H,13-20H2,1-12H3,(H-,31,32,36,37)/p+1. The molecule has 15 nitrogen and oxygen atoms in total. The Labute approximate surface area is 276 Å². The van der Waals surface area contributed by atoms with Gasteiger partial charge in [0.15, 0.2) is 13.3 Å². The van der Waals surface area contributed by atoms with E-state index in [2.05, 4.69) is 10.6 Å². The molecule has 3 N–H and O–H groups in total. The van der Waals surface area contributed by atoms with Gasteiger partial charge in [-0.15, -0.1) is 10.0 Å². The minimum absolute atomic E-state index is 0.0182. The first-order valence-electron chi connectivity index (χ1n) is 14.9. The Balaban J connectivity index is 5.95. The summed E-state index contributed by atoms with van der Waals surface area (Å²) < 4.78 is 33.5. The second-order valence-electron chi connectivity index (χ2n) is 14.3. The van der Waals surface area contributed by atoms with Crippen molar-refractivity contribution in [3.63, 3.8) is 0 Å². The molecule has 0 aromatic carbocycles. The van der Waals surface area contributed by atoms with Crippen molar-refractivity contribution >= 4 is 41.3 Å². The Morgan fingerprint density at radius 2 is 1.30 bits per heavy atom. The van der Waals surface area contributed by atoms with Crippen LogP contribution in [0.2, 0.25) is 0 Å². The molecule has 0 rings (SSSR count). The zero-order chi connectivity index (χ0) is 36.0. The highest BCUT2D eigenvalue weighted by atomic mass is 32.2. The van der Waals surface area contributed by atoms with Gasteiger partial charge in [-0.1, -0.05) is 4.65 Å².